The molecule has 9 heteroatoms. The van der Waals surface area contributed by atoms with Crippen molar-refractivity contribution in [2.24, 2.45) is 0 Å². The van der Waals surface area contributed by atoms with Gasteiger partial charge < -0.3 is 14.8 Å². The Morgan fingerprint density at radius 3 is 2.59 bits per heavy atom. The van der Waals surface area contributed by atoms with Crippen molar-refractivity contribution in [3.8, 4) is 17.2 Å². The summed E-state index contributed by atoms with van der Waals surface area (Å²) in [6.45, 7) is 6.89. The van der Waals surface area contributed by atoms with E-state index < -0.39 is 5.25 Å². The molecule has 0 saturated carbocycles. The summed E-state index contributed by atoms with van der Waals surface area (Å²) < 4.78 is 12.7. The van der Waals surface area contributed by atoms with Gasteiger partial charge in [-0.3, -0.25) is 4.79 Å². The molecule has 1 aromatic heterocycles. The molecule has 4 rings (SSSR count). The van der Waals surface area contributed by atoms with Gasteiger partial charge in [-0.1, -0.05) is 17.8 Å². The number of carbonyl (C=O) groups is 1. The van der Waals surface area contributed by atoms with Crippen molar-refractivity contribution in [3.05, 3.63) is 47.5 Å². The molecule has 29 heavy (non-hydrogen) atoms. The summed E-state index contributed by atoms with van der Waals surface area (Å²) >= 11 is 1.30. The minimum absolute atomic E-state index is 0.151. The molecule has 0 aliphatic carbocycles. The van der Waals surface area contributed by atoms with Gasteiger partial charge in [-0.15, -0.1) is 5.10 Å². The summed E-state index contributed by atoms with van der Waals surface area (Å²) in [6.07, 6.45) is 0. The lowest BCUT2D eigenvalue weighted by atomic mass is 10.1. The minimum Gasteiger partial charge on any atom is -0.486 e. The van der Waals surface area contributed by atoms with Gasteiger partial charge in [-0.2, -0.15) is 4.68 Å². The zero-order chi connectivity index (χ0) is 20.4. The smallest absolute Gasteiger partial charge is 0.237 e. The van der Waals surface area contributed by atoms with Crippen molar-refractivity contribution in [1.29, 1.82) is 0 Å². The van der Waals surface area contributed by atoms with Crippen molar-refractivity contribution in [3.63, 3.8) is 0 Å². The molecule has 2 aromatic carbocycles. The second-order valence-electron chi connectivity index (χ2n) is 6.83. The number of amides is 1. The van der Waals surface area contributed by atoms with Gasteiger partial charge in [-0.25, -0.2) is 0 Å². The predicted molar refractivity (Wildman–Crippen MR) is 110 cm³/mol. The van der Waals surface area contributed by atoms with Crippen molar-refractivity contribution >= 4 is 23.4 Å². The first-order chi connectivity index (χ1) is 14.0. The lowest BCUT2D eigenvalue weighted by Crippen LogP contribution is -2.23. The maximum atomic E-state index is 12.7. The van der Waals surface area contributed by atoms with E-state index in [-0.39, 0.29) is 5.91 Å². The standard InChI is InChI=1S/C20H21N5O3S/c1-12-8-13(2)10-16(9-12)25-20(22-23-24-25)29-14(3)19(26)21-15-4-5-17-18(11-15)28-7-6-27-17/h4-5,8-11,14H,6-7H2,1-3H3,(H,21,26)/t14-/m1/s1. The predicted octanol–water partition coefficient (Wildman–Crippen LogP) is 3.17. The molecule has 0 fully saturated rings. The van der Waals surface area contributed by atoms with Crippen LogP contribution in [0.15, 0.2) is 41.6 Å². The monoisotopic (exact) mass is 411 g/mol. The van der Waals surface area contributed by atoms with E-state index in [0.717, 1.165) is 16.8 Å². The number of rotatable bonds is 5. The number of benzene rings is 2. The third-order valence-corrected chi connectivity index (χ3v) is 5.39. The maximum absolute atomic E-state index is 12.7. The molecule has 2 heterocycles. The van der Waals surface area contributed by atoms with Crippen molar-refractivity contribution in [2.45, 2.75) is 31.2 Å². The number of anilines is 1. The van der Waals surface area contributed by atoms with Crippen LogP contribution in [0.5, 0.6) is 11.5 Å². The number of aromatic nitrogens is 4. The zero-order valence-corrected chi connectivity index (χ0v) is 17.2. The Bertz CT molecular complexity index is 1030. The number of hydrogen-bond acceptors (Lipinski definition) is 7. The molecule has 1 aliphatic rings. The fraction of sp³-hybridized carbons (Fsp3) is 0.300. The van der Waals surface area contributed by atoms with E-state index >= 15 is 0 Å². The lowest BCUT2D eigenvalue weighted by molar-refractivity contribution is -0.115. The van der Waals surface area contributed by atoms with E-state index in [0.29, 0.717) is 35.6 Å². The highest BCUT2D eigenvalue weighted by Gasteiger charge is 2.20. The van der Waals surface area contributed by atoms with Crippen LogP contribution in [0.4, 0.5) is 5.69 Å². The van der Waals surface area contributed by atoms with E-state index in [1.165, 1.54) is 11.8 Å². The largest absolute Gasteiger partial charge is 0.486 e. The topological polar surface area (TPSA) is 91.2 Å². The number of carbonyl (C=O) groups excluding carboxylic acids is 1. The SMILES string of the molecule is Cc1cc(C)cc(-n2nnnc2S[C@H](C)C(=O)Nc2ccc3c(c2)OCCO3)c1. The Kier molecular flexibility index (Phi) is 5.39. The van der Waals surface area contributed by atoms with Gasteiger partial charge in [0.2, 0.25) is 11.1 Å². The van der Waals surface area contributed by atoms with Crippen LogP contribution in [-0.2, 0) is 4.79 Å². The van der Waals surface area contributed by atoms with E-state index in [1.807, 2.05) is 32.9 Å². The third kappa shape index (κ3) is 4.34. The first-order valence-corrected chi connectivity index (χ1v) is 10.1. The molecule has 0 saturated heterocycles. The van der Waals surface area contributed by atoms with Crippen LogP contribution >= 0.6 is 11.8 Å². The normalized spacial score (nSPS) is 13.8. The van der Waals surface area contributed by atoms with E-state index in [9.17, 15) is 4.79 Å². The summed E-state index contributed by atoms with van der Waals surface area (Å²) in [5.41, 5.74) is 3.77. The average molecular weight is 411 g/mol. The van der Waals surface area contributed by atoms with Crippen LogP contribution in [0, 0.1) is 13.8 Å². The Morgan fingerprint density at radius 2 is 1.83 bits per heavy atom. The highest BCUT2D eigenvalue weighted by molar-refractivity contribution is 8.00. The van der Waals surface area contributed by atoms with Gasteiger partial charge >= 0.3 is 0 Å². The van der Waals surface area contributed by atoms with Crippen molar-refractivity contribution in [2.75, 3.05) is 18.5 Å². The number of thioether (sulfide) groups is 1. The van der Waals surface area contributed by atoms with Crippen molar-refractivity contribution in [1.82, 2.24) is 20.2 Å². The van der Waals surface area contributed by atoms with Crippen molar-refractivity contribution < 1.29 is 14.3 Å². The molecule has 1 N–H and O–H groups in total. The fourth-order valence-corrected chi connectivity index (χ4v) is 3.87. The van der Waals surface area contributed by atoms with Gasteiger partial charge in [-0.05, 0) is 66.6 Å². The number of nitrogens with one attached hydrogen (secondary N) is 1. The molecular formula is C20H21N5O3S. The fourth-order valence-electron chi connectivity index (χ4n) is 3.06. The second-order valence-corrected chi connectivity index (χ2v) is 8.13. The first-order valence-electron chi connectivity index (χ1n) is 9.24. The summed E-state index contributed by atoms with van der Waals surface area (Å²) in [6, 6.07) is 11.5. The van der Waals surface area contributed by atoms with Crippen LogP contribution in [-0.4, -0.2) is 44.6 Å². The summed E-state index contributed by atoms with van der Waals surface area (Å²) in [7, 11) is 0. The van der Waals surface area contributed by atoms with E-state index in [1.54, 1.807) is 22.9 Å². The zero-order valence-electron chi connectivity index (χ0n) is 16.4. The number of nitrogens with zero attached hydrogens (tertiary/aromatic N) is 4. The minimum atomic E-state index is -0.404. The number of aryl methyl sites for hydroxylation is 2. The molecule has 0 bridgehead atoms. The molecule has 0 radical (unpaired) electrons. The van der Waals surface area contributed by atoms with Gasteiger partial charge in [0.15, 0.2) is 11.5 Å². The average Bonchev–Trinajstić information content (AvgIpc) is 3.15. The molecule has 0 unspecified atom stereocenters. The number of tetrazole rings is 1. The highest BCUT2D eigenvalue weighted by Crippen LogP contribution is 2.33. The second kappa shape index (κ2) is 8.12. The Labute approximate surface area is 172 Å². The van der Waals surface area contributed by atoms with Crippen LogP contribution < -0.4 is 14.8 Å². The molecule has 1 atom stereocenters. The number of fused-ring (bicyclic) bond motifs is 1. The Hall–Kier alpha value is -3.07. The highest BCUT2D eigenvalue weighted by atomic mass is 32.2. The molecule has 0 spiro atoms. The molecule has 1 amide bonds. The first kappa shape index (κ1) is 19.3. The van der Waals surface area contributed by atoms with E-state index in [4.69, 9.17) is 9.47 Å². The quantitative estimate of drug-likeness (QED) is 0.645. The van der Waals surface area contributed by atoms with Gasteiger partial charge in [0, 0.05) is 11.8 Å². The van der Waals surface area contributed by atoms with Crippen LogP contribution in [0.25, 0.3) is 5.69 Å². The lowest BCUT2D eigenvalue weighted by Gasteiger charge is -2.19. The summed E-state index contributed by atoms with van der Waals surface area (Å²) in [5, 5.41) is 15.0. The molecule has 3 aromatic rings. The summed E-state index contributed by atoms with van der Waals surface area (Å²) in [5.74, 6) is 1.17. The van der Waals surface area contributed by atoms with Gasteiger partial charge in [0.25, 0.3) is 0 Å². The third-order valence-electron chi connectivity index (χ3n) is 4.35. The Morgan fingerprint density at radius 1 is 1.10 bits per heavy atom. The van der Waals surface area contributed by atoms with Gasteiger partial charge in [0.05, 0.1) is 10.9 Å². The molecule has 1 aliphatic heterocycles. The van der Waals surface area contributed by atoms with Gasteiger partial charge in [0.1, 0.15) is 13.2 Å². The molecular weight excluding hydrogens is 390 g/mol. The van der Waals surface area contributed by atoms with E-state index in [2.05, 4.69) is 26.9 Å². The Balaban J connectivity index is 1.46. The van der Waals surface area contributed by atoms with Crippen LogP contribution in [0.2, 0.25) is 0 Å². The number of hydrogen-bond donors (Lipinski definition) is 1. The molecule has 150 valence electrons. The maximum Gasteiger partial charge on any atom is 0.237 e. The molecule has 8 nitrogen and oxygen atoms in total. The summed E-state index contributed by atoms with van der Waals surface area (Å²) in [4.78, 5) is 12.7. The van der Waals surface area contributed by atoms with Crippen LogP contribution in [0.1, 0.15) is 18.1 Å². The van der Waals surface area contributed by atoms with Crippen LogP contribution in [0.3, 0.4) is 0 Å². The number of ether oxygens (including phenoxy) is 2.